The molecule has 4 rings (SSSR count). The smallest absolute Gasteiger partial charge is 0.240 e. The van der Waals surface area contributed by atoms with Crippen LogP contribution in [0.25, 0.3) is 22.0 Å². The van der Waals surface area contributed by atoms with Gasteiger partial charge in [0.1, 0.15) is 0 Å². The third-order valence-electron chi connectivity index (χ3n) is 4.54. The average molecular weight is 390 g/mol. The van der Waals surface area contributed by atoms with Crippen LogP contribution in [0.5, 0.6) is 0 Å². The van der Waals surface area contributed by atoms with Crippen molar-refractivity contribution in [3.8, 4) is 11.1 Å². The lowest BCUT2D eigenvalue weighted by Crippen LogP contribution is -2.29. The molecule has 0 amide bonds. The van der Waals surface area contributed by atoms with Crippen molar-refractivity contribution in [2.75, 3.05) is 6.54 Å². The van der Waals surface area contributed by atoms with Gasteiger partial charge in [0.25, 0.3) is 0 Å². The van der Waals surface area contributed by atoms with Gasteiger partial charge >= 0.3 is 0 Å². The number of ketones is 1. The second-order valence-corrected chi connectivity index (χ2v) is 8.16. The van der Waals surface area contributed by atoms with Crippen molar-refractivity contribution in [1.29, 1.82) is 0 Å². The zero-order valence-electron chi connectivity index (χ0n) is 14.9. The number of nitrogens with one attached hydrogen (secondary N) is 2. The Morgan fingerprint density at radius 2 is 1.54 bits per heavy atom. The van der Waals surface area contributed by atoms with E-state index in [2.05, 4.69) is 9.71 Å². The minimum atomic E-state index is -3.75. The number of carbonyl (C=O) groups is 1. The Morgan fingerprint density at radius 3 is 2.25 bits per heavy atom. The maximum atomic E-state index is 12.9. The van der Waals surface area contributed by atoms with Crippen LogP contribution in [0.1, 0.15) is 10.4 Å². The summed E-state index contributed by atoms with van der Waals surface area (Å²) in [5, 5.41) is 0.899. The maximum Gasteiger partial charge on any atom is 0.240 e. The highest BCUT2D eigenvalue weighted by Crippen LogP contribution is 2.27. The molecule has 0 aliphatic rings. The quantitative estimate of drug-likeness (QED) is 0.489. The predicted octanol–water partition coefficient (Wildman–Crippen LogP) is 4.00. The molecule has 0 fully saturated rings. The number of H-pyrrole nitrogens is 1. The standard InChI is InChI=1S/C22H18N2O3S/c25-21(15-24-28(26,27)19-9-5-2-6-10-19)20-14-18(16-7-3-1-4-8-16)13-17-11-12-23-22(17)20/h1-14,23-24H,15H2. The van der Waals surface area contributed by atoms with Crippen LogP contribution in [0.3, 0.4) is 0 Å². The van der Waals surface area contributed by atoms with Crippen molar-refractivity contribution in [3.63, 3.8) is 0 Å². The molecule has 1 heterocycles. The van der Waals surface area contributed by atoms with Crippen LogP contribution in [0, 0.1) is 0 Å². The van der Waals surface area contributed by atoms with Crippen molar-refractivity contribution in [2.24, 2.45) is 0 Å². The molecule has 0 saturated carbocycles. The molecule has 0 aliphatic heterocycles. The van der Waals surface area contributed by atoms with Crippen LogP contribution in [-0.2, 0) is 10.0 Å². The van der Waals surface area contributed by atoms with E-state index in [1.807, 2.05) is 42.5 Å². The molecule has 140 valence electrons. The van der Waals surface area contributed by atoms with Gasteiger partial charge in [-0.2, -0.15) is 0 Å². The van der Waals surface area contributed by atoms with Gasteiger partial charge in [0.2, 0.25) is 10.0 Å². The number of aromatic amines is 1. The first-order valence-corrected chi connectivity index (χ1v) is 10.3. The van der Waals surface area contributed by atoms with E-state index in [4.69, 9.17) is 0 Å². The molecular weight excluding hydrogens is 372 g/mol. The number of sulfonamides is 1. The summed E-state index contributed by atoms with van der Waals surface area (Å²) in [5.74, 6) is -0.301. The van der Waals surface area contributed by atoms with Gasteiger partial charge in [0.05, 0.1) is 17.0 Å². The Balaban J connectivity index is 1.65. The van der Waals surface area contributed by atoms with Gasteiger partial charge in [-0.05, 0) is 41.5 Å². The number of hydrogen-bond acceptors (Lipinski definition) is 3. The molecule has 0 spiro atoms. The third kappa shape index (κ3) is 3.60. The molecule has 0 unspecified atom stereocenters. The molecule has 4 aromatic rings. The normalized spacial score (nSPS) is 11.6. The molecule has 3 aromatic carbocycles. The molecule has 28 heavy (non-hydrogen) atoms. The fraction of sp³-hybridized carbons (Fsp3) is 0.0455. The average Bonchev–Trinajstić information content (AvgIpc) is 3.21. The second-order valence-electron chi connectivity index (χ2n) is 6.39. The Bertz CT molecular complexity index is 1230. The Labute approximate surface area is 163 Å². The summed E-state index contributed by atoms with van der Waals surface area (Å²) in [5.41, 5.74) is 3.05. The first-order valence-electron chi connectivity index (χ1n) is 8.79. The lowest BCUT2D eigenvalue weighted by Gasteiger charge is -2.09. The highest BCUT2D eigenvalue weighted by atomic mass is 32.2. The van der Waals surface area contributed by atoms with Crippen molar-refractivity contribution in [1.82, 2.24) is 9.71 Å². The molecule has 0 bridgehead atoms. The van der Waals surface area contributed by atoms with Crippen LogP contribution in [0.4, 0.5) is 0 Å². The Kier molecular flexibility index (Phi) is 4.81. The molecular formula is C22H18N2O3S. The van der Waals surface area contributed by atoms with E-state index in [-0.39, 0.29) is 17.2 Å². The minimum absolute atomic E-state index is 0.130. The van der Waals surface area contributed by atoms with E-state index < -0.39 is 10.0 Å². The van der Waals surface area contributed by atoms with E-state index >= 15 is 0 Å². The highest BCUT2D eigenvalue weighted by molar-refractivity contribution is 7.89. The van der Waals surface area contributed by atoms with Crippen molar-refractivity contribution < 1.29 is 13.2 Å². The fourth-order valence-corrected chi connectivity index (χ4v) is 4.13. The lowest BCUT2D eigenvalue weighted by molar-refractivity contribution is 0.0998. The third-order valence-corrected chi connectivity index (χ3v) is 5.96. The predicted molar refractivity (Wildman–Crippen MR) is 110 cm³/mol. The summed E-state index contributed by atoms with van der Waals surface area (Å²) in [6, 6.07) is 23.5. The van der Waals surface area contributed by atoms with Crippen LogP contribution < -0.4 is 4.72 Å². The van der Waals surface area contributed by atoms with Crippen molar-refractivity contribution in [3.05, 3.63) is 90.6 Å². The number of hydrogen-bond donors (Lipinski definition) is 2. The zero-order valence-corrected chi connectivity index (χ0v) is 15.7. The first-order chi connectivity index (χ1) is 13.5. The van der Waals surface area contributed by atoms with Gasteiger partial charge in [0, 0.05) is 17.1 Å². The number of Topliss-reactive ketones (excluding diaryl/α,β-unsaturated/α-hetero) is 1. The molecule has 0 atom stereocenters. The van der Waals surface area contributed by atoms with Gasteiger partial charge in [-0.25, -0.2) is 13.1 Å². The number of aromatic nitrogens is 1. The van der Waals surface area contributed by atoms with Crippen LogP contribution in [0.15, 0.2) is 90.0 Å². The van der Waals surface area contributed by atoms with Gasteiger partial charge < -0.3 is 4.98 Å². The Morgan fingerprint density at radius 1 is 0.857 bits per heavy atom. The monoisotopic (exact) mass is 390 g/mol. The number of rotatable bonds is 6. The maximum absolute atomic E-state index is 12.9. The van der Waals surface area contributed by atoms with Crippen LogP contribution in [0.2, 0.25) is 0 Å². The number of carbonyl (C=O) groups excluding carboxylic acids is 1. The van der Waals surface area contributed by atoms with Gasteiger partial charge in [-0.3, -0.25) is 4.79 Å². The number of fused-ring (bicyclic) bond motifs is 1. The van der Waals surface area contributed by atoms with Crippen molar-refractivity contribution >= 4 is 26.7 Å². The SMILES string of the molecule is O=C(CNS(=O)(=O)c1ccccc1)c1cc(-c2ccccc2)cc2cc[nH]c12. The van der Waals surface area contributed by atoms with Crippen molar-refractivity contribution in [2.45, 2.75) is 4.90 Å². The molecule has 2 N–H and O–H groups in total. The minimum Gasteiger partial charge on any atom is -0.361 e. The summed E-state index contributed by atoms with van der Waals surface area (Å²) in [4.78, 5) is 16.1. The van der Waals surface area contributed by atoms with E-state index in [1.54, 1.807) is 30.5 Å². The summed E-state index contributed by atoms with van der Waals surface area (Å²) >= 11 is 0. The molecule has 0 saturated heterocycles. The van der Waals surface area contributed by atoms with E-state index in [9.17, 15) is 13.2 Å². The highest BCUT2D eigenvalue weighted by Gasteiger charge is 2.18. The molecule has 6 heteroatoms. The van der Waals surface area contributed by atoms with Gasteiger partial charge in [0.15, 0.2) is 5.78 Å². The summed E-state index contributed by atoms with van der Waals surface area (Å²) in [6.07, 6.45) is 1.77. The first kappa shape index (κ1) is 18.2. The van der Waals surface area contributed by atoms with E-state index in [0.717, 1.165) is 16.5 Å². The van der Waals surface area contributed by atoms with E-state index in [0.29, 0.717) is 11.1 Å². The molecule has 0 aliphatic carbocycles. The molecule has 0 radical (unpaired) electrons. The van der Waals surface area contributed by atoms with Gasteiger partial charge in [-0.1, -0.05) is 48.5 Å². The lowest BCUT2D eigenvalue weighted by atomic mass is 9.98. The Hall–Kier alpha value is -3.22. The molecule has 5 nitrogen and oxygen atoms in total. The van der Waals surface area contributed by atoms with Crippen LogP contribution in [-0.4, -0.2) is 25.7 Å². The van der Waals surface area contributed by atoms with E-state index in [1.165, 1.54) is 12.1 Å². The largest absolute Gasteiger partial charge is 0.361 e. The van der Waals surface area contributed by atoms with Crippen LogP contribution >= 0.6 is 0 Å². The number of benzene rings is 3. The summed E-state index contributed by atoms with van der Waals surface area (Å²) in [6.45, 7) is -0.316. The zero-order chi connectivity index (χ0) is 19.6. The summed E-state index contributed by atoms with van der Waals surface area (Å²) in [7, 11) is -3.75. The second kappa shape index (κ2) is 7.42. The molecule has 1 aromatic heterocycles. The summed E-state index contributed by atoms with van der Waals surface area (Å²) < 4.78 is 27.2. The fourth-order valence-electron chi connectivity index (χ4n) is 3.13. The topological polar surface area (TPSA) is 79.0 Å². The van der Waals surface area contributed by atoms with Gasteiger partial charge in [-0.15, -0.1) is 0 Å².